The number of carbonyl (C=O) groups is 1. The molecule has 0 saturated heterocycles. The number of rotatable bonds is 4. The highest BCUT2D eigenvalue weighted by atomic mass is 32.2. The number of thioether (sulfide) groups is 1. The third-order valence-corrected chi connectivity index (χ3v) is 6.71. The number of aromatic nitrogens is 6. The number of carbonyl (C=O) groups excluding carboxylic acids is 1. The Kier molecular flexibility index (Phi) is 4.10. The van der Waals surface area contributed by atoms with Gasteiger partial charge in [0.25, 0.3) is 5.56 Å². The zero-order chi connectivity index (χ0) is 19.3. The van der Waals surface area contributed by atoms with Crippen molar-refractivity contribution in [2.75, 3.05) is 11.1 Å². The third-order valence-electron chi connectivity index (χ3n) is 3.95. The van der Waals surface area contributed by atoms with E-state index in [4.69, 9.17) is 0 Å². The van der Waals surface area contributed by atoms with Crippen LogP contribution in [0.15, 0.2) is 39.6 Å². The number of amides is 1. The maximum absolute atomic E-state index is 12.4. The number of fused-ring (bicyclic) bond motifs is 4. The van der Waals surface area contributed by atoms with E-state index in [1.807, 2.05) is 28.7 Å². The zero-order valence-electron chi connectivity index (χ0n) is 14.3. The van der Waals surface area contributed by atoms with Crippen LogP contribution in [-0.4, -0.2) is 40.9 Å². The average molecular weight is 430 g/mol. The highest BCUT2D eigenvalue weighted by Crippen LogP contribution is 2.29. The van der Waals surface area contributed by atoms with Gasteiger partial charge in [0, 0.05) is 5.38 Å². The largest absolute Gasteiger partial charge is 0.309 e. The lowest BCUT2D eigenvalue weighted by Gasteiger charge is -2.04. The second-order valence-electron chi connectivity index (χ2n) is 5.82. The summed E-state index contributed by atoms with van der Waals surface area (Å²) in [6, 6.07) is 7.98. The molecule has 0 fully saturated rings. The van der Waals surface area contributed by atoms with Crippen LogP contribution in [-0.2, 0) is 4.79 Å². The molecule has 0 saturated carbocycles. The summed E-state index contributed by atoms with van der Waals surface area (Å²) in [6.07, 6.45) is 0. The number of hydrogen-bond acceptors (Lipinski definition) is 9. The molecule has 5 aromatic rings. The first-order valence-corrected chi connectivity index (χ1v) is 10.8. The Hall–Kier alpha value is -2.83. The predicted molar refractivity (Wildman–Crippen MR) is 110 cm³/mol. The van der Waals surface area contributed by atoms with E-state index in [2.05, 4.69) is 25.6 Å². The monoisotopic (exact) mass is 429 g/mol. The van der Waals surface area contributed by atoms with Crippen LogP contribution in [0.3, 0.4) is 0 Å². The van der Waals surface area contributed by atoms with Gasteiger partial charge >= 0.3 is 0 Å². The van der Waals surface area contributed by atoms with Gasteiger partial charge in [-0.15, -0.1) is 21.5 Å². The van der Waals surface area contributed by atoms with Gasteiger partial charge in [-0.05, 0) is 19.1 Å². The van der Waals surface area contributed by atoms with Crippen LogP contribution in [0.5, 0.6) is 0 Å². The van der Waals surface area contributed by atoms with Gasteiger partial charge in [0.1, 0.15) is 11.5 Å². The molecule has 4 heterocycles. The summed E-state index contributed by atoms with van der Waals surface area (Å²) in [7, 11) is 0. The summed E-state index contributed by atoms with van der Waals surface area (Å²) in [5.74, 6) is 0.433. The number of hydrogen-bond donors (Lipinski definition) is 1. The minimum Gasteiger partial charge on any atom is -0.309 e. The quantitative estimate of drug-likeness (QED) is 0.437. The Morgan fingerprint density at radius 2 is 2.11 bits per heavy atom. The summed E-state index contributed by atoms with van der Waals surface area (Å²) < 4.78 is 4.54. The van der Waals surface area contributed by atoms with E-state index in [0.717, 1.165) is 15.2 Å². The van der Waals surface area contributed by atoms with Crippen molar-refractivity contribution in [3.63, 3.8) is 0 Å². The minimum atomic E-state index is -0.367. The maximum Gasteiger partial charge on any atom is 0.295 e. The Morgan fingerprint density at radius 3 is 3.00 bits per heavy atom. The number of thiazole rings is 2. The first-order valence-electron chi connectivity index (χ1n) is 8.10. The molecule has 0 spiro atoms. The fourth-order valence-electron chi connectivity index (χ4n) is 2.68. The van der Waals surface area contributed by atoms with Crippen molar-refractivity contribution in [1.29, 1.82) is 0 Å². The fraction of sp³-hybridized carbons (Fsp3) is 0.125. The smallest absolute Gasteiger partial charge is 0.295 e. The molecule has 0 bridgehead atoms. The molecule has 0 aliphatic carbocycles. The van der Waals surface area contributed by atoms with E-state index < -0.39 is 0 Å². The highest BCUT2D eigenvalue weighted by molar-refractivity contribution is 7.99. The molecular formula is C16H11N7O2S3. The van der Waals surface area contributed by atoms with E-state index in [1.165, 1.54) is 27.6 Å². The molecule has 0 radical (unpaired) electrons. The molecule has 0 unspecified atom stereocenters. The number of nitrogens with one attached hydrogen (secondary N) is 1. The summed E-state index contributed by atoms with van der Waals surface area (Å²) >= 11 is 4.11. The zero-order valence-corrected chi connectivity index (χ0v) is 16.8. The van der Waals surface area contributed by atoms with Gasteiger partial charge in [-0.25, -0.2) is 0 Å². The first-order chi connectivity index (χ1) is 13.6. The Bertz CT molecular complexity index is 1410. The lowest BCUT2D eigenvalue weighted by Crippen LogP contribution is -2.19. The number of nitrogens with zero attached hydrogens (tertiary/aromatic N) is 6. The van der Waals surface area contributed by atoms with Crippen molar-refractivity contribution in [3.05, 3.63) is 45.7 Å². The third kappa shape index (κ3) is 2.85. The molecule has 0 aliphatic heterocycles. The lowest BCUT2D eigenvalue weighted by atomic mass is 10.3. The van der Waals surface area contributed by atoms with Gasteiger partial charge in [-0.2, -0.15) is 14.6 Å². The van der Waals surface area contributed by atoms with Crippen LogP contribution in [0.25, 0.3) is 20.1 Å². The number of benzene rings is 1. The van der Waals surface area contributed by atoms with Crippen molar-refractivity contribution < 1.29 is 4.79 Å². The predicted octanol–water partition coefficient (Wildman–Crippen LogP) is 2.45. The van der Waals surface area contributed by atoms with E-state index in [1.54, 1.807) is 23.6 Å². The van der Waals surface area contributed by atoms with Gasteiger partial charge in [0.05, 0.1) is 16.0 Å². The molecule has 1 N–H and O–H groups in total. The molecule has 4 aromatic heterocycles. The van der Waals surface area contributed by atoms with Gasteiger partial charge < -0.3 is 5.32 Å². The van der Waals surface area contributed by atoms with Crippen molar-refractivity contribution >= 4 is 66.3 Å². The van der Waals surface area contributed by atoms with Gasteiger partial charge in [-0.1, -0.05) is 35.2 Å². The van der Waals surface area contributed by atoms with Crippen LogP contribution >= 0.6 is 34.4 Å². The normalized spacial score (nSPS) is 11.6. The number of aryl methyl sites for hydroxylation is 1. The SMILES string of the molecule is Cc1nn2c(NC(=O)CSc3nnc4sc5ccccc5n34)csc2nc1=O. The van der Waals surface area contributed by atoms with Gasteiger partial charge in [-0.3, -0.25) is 14.0 Å². The molecule has 9 nitrogen and oxygen atoms in total. The van der Waals surface area contributed by atoms with E-state index in [-0.39, 0.29) is 22.9 Å². The van der Waals surface area contributed by atoms with Crippen molar-refractivity contribution in [3.8, 4) is 0 Å². The Morgan fingerprint density at radius 1 is 1.25 bits per heavy atom. The Balaban J connectivity index is 1.36. The van der Waals surface area contributed by atoms with Gasteiger partial charge in [0.2, 0.25) is 15.8 Å². The molecule has 5 rings (SSSR count). The number of anilines is 1. The van der Waals surface area contributed by atoms with Gasteiger partial charge in [0.15, 0.2) is 5.16 Å². The molecular weight excluding hydrogens is 418 g/mol. The molecule has 1 aromatic carbocycles. The first kappa shape index (κ1) is 17.3. The van der Waals surface area contributed by atoms with Crippen LogP contribution < -0.4 is 10.9 Å². The average Bonchev–Trinajstić information content (AvgIpc) is 3.35. The molecule has 0 aliphatic rings. The summed E-state index contributed by atoms with van der Waals surface area (Å²) in [4.78, 5) is 29.2. The minimum absolute atomic E-state index is 0.162. The van der Waals surface area contributed by atoms with Crippen LogP contribution in [0, 0.1) is 6.92 Å². The van der Waals surface area contributed by atoms with Crippen LogP contribution in [0.1, 0.15) is 5.69 Å². The van der Waals surface area contributed by atoms with E-state index in [9.17, 15) is 9.59 Å². The van der Waals surface area contributed by atoms with Crippen LogP contribution in [0.4, 0.5) is 5.82 Å². The molecule has 140 valence electrons. The van der Waals surface area contributed by atoms with Crippen LogP contribution in [0.2, 0.25) is 0 Å². The molecule has 12 heteroatoms. The van der Waals surface area contributed by atoms with E-state index in [0.29, 0.717) is 15.9 Å². The summed E-state index contributed by atoms with van der Waals surface area (Å²) in [5, 5.41) is 17.7. The highest BCUT2D eigenvalue weighted by Gasteiger charge is 2.15. The molecule has 28 heavy (non-hydrogen) atoms. The second-order valence-corrected chi connectivity index (χ2v) is 8.61. The van der Waals surface area contributed by atoms with E-state index >= 15 is 0 Å². The lowest BCUT2D eigenvalue weighted by molar-refractivity contribution is -0.113. The summed E-state index contributed by atoms with van der Waals surface area (Å²) in [5.41, 5.74) is 0.930. The fourth-order valence-corrected chi connectivity index (χ4v) is 5.20. The molecule has 0 atom stereocenters. The molecule has 1 amide bonds. The Labute approximate surface area is 169 Å². The summed E-state index contributed by atoms with van der Waals surface area (Å²) in [6.45, 7) is 1.59. The number of para-hydroxylation sites is 1. The maximum atomic E-state index is 12.4. The van der Waals surface area contributed by atoms with Crippen molar-refractivity contribution in [2.24, 2.45) is 0 Å². The second kappa shape index (κ2) is 6.65. The standard InChI is InChI=1S/C16H11N7O2S3/c1-8-13(25)18-14-23(21-8)11(6-26-14)17-12(24)7-27-15-19-20-16-22(15)9-4-2-3-5-10(9)28-16/h2-6H,7H2,1H3,(H,17,24). The van der Waals surface area contributed by atoms with Crippen molar-refractivity contribution in [2.45, 2.75) is 12.1 Å². The topological polar surface area (TPSA) is 107 Å². The van der Waals surface area contributed by atoms with Crippen molar-refractivity contribution in [1.82, 2.24) is 29.2 Å².